The van der Waals surface area contributed by atoms with Crippen LogP contribution in [0.5, 0.6) is 0 Å². The van der Waals surface area contributed by atoms with Crippen LogP contribution in [0.3, 0.4) is 0 Å². The first-order valence-electron chi connectivity index (χ1n) is 8.33. The van der Waals surface area contributed by atoms with Crippen molar-refractivity contribution in [1.82, 2.24) is 9.55 Å². The number of anilines is 1. The highest BCUT2D eigenvalue weighted by molar-refractivity contribution is 5.88. The van der Waals surface area contributed by atoms with Gasteiger partial charge in [0, 0.05) is 16.9 Å². The van der Waals surface area contributed by atoms with Gasteiger partial charge in [0.1, 0.15) is 5.82 Å². The molecular weight excluding hydrogens is 324 g/mol. The number of carbonyl (C=O) groups is 1. The molecule has 0 spiro atoms. The molecule has 0 saturated carbocycles. The molecule has 1 aromatic heterocycles. The lowest BCUT2D eigenvalue weighted by Crippen LogP contribution is -2.19. The number of nitrogens with one attached hydrogen (secondary N) is 1. The number of benzene rings is 3. The molecule has 2 amide bonds. The van der Waals surface area contributed by atoms with Crippen molar-refractivity contribution in [3.63, 3.8) is 0 Å². The highest BCUT2D eigenvalue weighted by Crippen LogP contribution is 2.29. The third kappa shape index (κ3) is 2.91. The highest BCUT2D eigenvalue weighted by atomic mass is 16.2. The summed E-state index contributed by atoms with van der Waals surface area (Å²) in [5.41, 5.74) is 11.0. The van der Waals surface area contributed by atoms with Crippen molar-refractivity contribution in [3.05, 3.63) is 78.4 Å². The highest BCUT2D eigenvalue weighted by Gasteiger charge is 2.14. The third-order valence-corrected chi connectivity index (χ3v) is 4.26. The minimum absolute atomic E-state index is 0.579. The first kappa shape index (κ1) is 15.9. The average Bonchev–Trinajstić information content (AvgIpc) is 3.02. The lowest BCUT2D eigenvalue weighted by Gasteiger charge is -2.10. The van der Waals surface area contributed by atoms with Crippen LogP contribution in [0.25, 0.3) is 28.1 Å². The molecule has 128 valence electrons. The van der Waals surface area contributed by atoms with Crippen LogP contribution in [0.15, 0.2) is 72.8 Å². The fourth-order valence-electron chi connectivity index (χ4n) is 3.02. The molecule has 5 heteroatoms. The zero-order chi connectivity index (χ0) is 18.1. The summed E-state index contributed by atoms with van der Waals surface area (Å²) in [5.74, 6) is 0.848. The molecule has 0 unspecified atom stereocenters. The maximum atomic E-state index is 11.0. The van der Waals surface area contributed by atoms with E-state index < -0.39 is 6.03 Å². The Morgan fingerprint density at radius 1 is 0.962 bits per heavy atom. The van der Waals surface area contributed by atoms with Gasteiger partial charge in [-0.1, -0.05) is 29.8 Å². The quantitative estimate of drug-likeness (QED) is 0.576. The predicted molar refractivity (Wildman–Crippen MR) is 104 cm³/mol. The predicted octanol–water partition coefficient (Wildman–Crippen LogP) is 4.49. The second-order valence-electron chi connectivity index (χ2n) is 6.16. The van der Waals surface area contributed by atoms with Crippen molar-refractivity contribution in [1.29, 1.82) is 0 Å². The van der Waals surface area contributed by atoms with E-state index >= 15 is 0 Å². The van der Waals surface area contributed by atoms with E-state index in [1.54, 1.807) is 0 Å². The Morgan fingerprint density at radius 2 is 1.65 bits per heavy atom. The molecule has 0 aliphatic rings. The summed E-state index contributed by atoms with van der Waals surface area (Å²) < 4.78 is 2.14. The standard InChI is InChI=1S/C21H18N4O/c1-14-6-12-17(13-7-14)25-19-5-3-2-4-18(19)24-20(25)15-8-10-16(11-9-15)23-21(22)26/h2-13H,1H3,(H3,22,23,26). The molecule has 1 heterocycles. The van der Waals surface area contributed by atoms with Crippen LogP contribution in [0.2, 0.25) is 0 Å². The van der Waals surface area contributed by atoms with Gasteiger partial charge in [-0.2, -0.15) is 0 Å². The van der Waals surface area contributed by atoms with E-state index in [0.717, 1.165) is 28.1 Å². The van der Waals surface area contributed by atoms with Crippen molar-refractivity contribution in [2.45, 2.75) is 6.92 Å². The lowest BCUT2D eigenvalue weighted by atomic mass is 10.1. The minimum Gasteiger partial charge on any atom is -0.351 e. The summed E-state index contributed by atoms with van der Waals surface area (Å²) >= 11 is 0. The van der Waals surface area contributed by atoms with Gasteiger partial charge in [0.25, 0.3) is 0 Å². The van der Waals surface area contributed by atoms with Gasteiger partial charge in [0.2, 0.25) is 0 Å². The number of aryl methyl sites for hydroxylation is 1. The second-order valence-corrected chi connectivity index (χ2v) is 6.16. The van der Waals surface area contributed by atoms with Crippen LogP contribution in [0, 0.1) is 6.92 Å². The van der Waals surface area contributed by atoms with Gasteiger partial charge < -0.3 is 11.1 Å². The summed E-state index contributed by atoms with van der Waals surface area (Å²) in [6.07, 6.45) is 0. The number of rotatable bonds is 3. The lowest BCUT2D eigenvalue weighted by molar-refractivity contribution is 0.259. The fourth-order valence-corrected chi connectivity index (χ4v) is 3.02. The Labute approximate surface area is 151 Å². The monoisotopic (exact) mass is 342 g/mol. The molecular formula is C21H18N4O. The van der Waals surface area contributed by atoms with Crippen molar-refractivity contribution >= 4 is 22.8 Å². The molecule has 3 aromatic carbocycles. The van der Waals surface area contributed by atoms with Crippen LogP contribution in [-0.2, 0) is 0 Å². The topological polar surface area (TPSA) is 72.9 Å². The van der Waals surface area contributed by atoms with Gasteiger partial charge in [-0.15, -0.1) is 0 Å². The van der Waals surface area contributed by atoms with Crippen LogP contribution < -0.4 is 11.1 Å². The maximum absolute atomic E-state index is 11.0. The SMILES string of the molecule is Cc1ccc(-n2c(-c3ccc(NC(N)=O)cc3)nc3ccccc32)cc1. The zero-order valence-electron chi connectivity index (χ0n) is 14.3. The summed E-state index contributed by atoms with van der Waals surface area (Å²) in [5, 5.41) is 2.57. The van der Waals surface area contributed by atoms with Gasteiger partial charge in [0.05, 0.1) is 11.0 Å². The van der Waals surface area contributed by atoms with Gasteiger partial charge >= 0.3 is 6.03 Å². The van der Waals surface area contributed by atoms with E-state index in [1.165, 1.54) is 5.56 Å². The maximum Gasteiger partial charge on any atom is 0.316 e. The summed E-state index contributed by atoms with van der Waals surface area (Å²) in [4.78, 5) is 15.8. The van der Waals surface area contributed by atoms with E-state index in [1.807, 2.05) is 42.5 Å². The van der Waals surface area contributed by atoms with Crippen LogP contribution in [-0.4, -0.2) is 15.6 Å². The normalized spacial score (nSPS) is 10.8. The summed E-state index contributed by atoms with van der Waals surface area (Å²) in [7, 11) is 0. The van der Waals surface area contributed by atoms with Crippen molar-refractivity contribution < 1.29 is 4.79 Å². The molecule has 4 aromatic rings. The van der Waals surface area contributed by atoms with Crippen LogP contribution >= 0.6 is 0 Å². The van der Waals surface area contributed by atoms with Crippen molar-refractivity contribution in [2.24, 2.45) is 5.73 Å². The molecule has 0 radical (unpaired) electrons. The van der Waals surface area contributed by atoms with E-state index in [-0.39, 0.29) is 0 Å². The minimum atomic E-state index is -0.579. The van der Waals surface area contributed by atoms with Gasteiger partial charge in [0.15, 0.2) is 0 Å². The number of nitrogens with zero attached hydrogens (tertiary/aromatic N) is 2. The number of hydrogen-bond donors (Lipinski definition) is 2. The smallest absolute Gasteiger partial charge is 0.316 e. The first-order chi connectivity index (χ1) is 12.6. The molecule has 0 aliphatic carbocycles. The number of amides is 2. The summed E-state index contributed by atoms with van der Waals surface area (Å²) in [6, 6.07) is 23.3. The Hall–Kier alpha value is -3.60. The summed E-state index contributed by atoms with van der Waals surface area (Å²) in [6.45, 7) is 2.07. The molecule has 26 heavy (non-hydrogen) atoms. The number of fused-ring (bicyclic) bond motifs is 1. The Kier molecular flexibility index (Phi) is 3.89. The number of para-hydroxylation sites is 2. The van der Waals surface area contributed by atoms with E-state index in [2.05, 4.69) is 47.1 Å². The zero-order valence-corrected chi connectivity index (χ0v) is 14.3. The fraction of sp³-hybridized carbons (Fsp3) is 0.0476. The average molecular weight is 342 g/mol. The van der Waals surface area contributed by atoms with Crippen molar-refractivity contribution in [3.8, 4) is 17.1 Å². The van der Waals surface area contributed by atoms with Gasteiger partial charge in [-0.25, -0.2) is 9.78 Å². The third-order valence-electron chi connectivity index (χ3n) is 4.26. The van der Waals surface area contributed by atoms with E-state index in [9.17, 15) is 4.79 Å². The molecule has 0 aliphatic heterocycles. The number of imidazole rings is 1. The van der Waals surface area contributed by atoms with Gasteiger partial charge in [-0.3, -0.25) is 4.57 Å². The number of primary amides is 1. The number of nitrogens with two attached hydrogens (primary N) is 1. The van der Waals surface area contributed by atoms with Gasteiger partial charge in [-0.05, 0) is 55.5 Å². The second kappa shape index (κ2) is 6.37. The van der Waals surface area contributed by atoms with Crippen molar-refractivity contribution in [2.75, 3.05) is 5.32 Å². The number of carbonyl (C=O) groups excluding carboxylic acids is 1. The van der Waals surface area contributed by atoms with Crippen LogP contribution in [0.1, 0.15) is 5.56 Å². The van der Waals surface area contributed by atoms with E-state index in [0.29, 0.717) is 5.69 Å². The van der Waals surface area contributed by atoms with E-state index in [4.69, 9.17) is 10.7 Å². The van der Waals surface area contributed by atoms with Crippen LogP contribution in [0.4, 0.5) is 10.5 Å². The molecule has 5 nitrogen and oxygen atoms in total. The number of hydrogen-bond acceptors (Lipinski definition) is 2. The molecule has 0 saturated heterocycles. The molecule has 0 atom stereocenters. The Bertz CT molecular complexity index is 1080. The molecule has 0 bridgehead atoms. The Morgan fingerprint density at radius 3 is 2.35 bits per heavy atom. The number of aromatic nitrogens is 2. The molecule has 3 N–H and O–H groups in total. The number of urea groups is 1. The largest absolute Gasteiger partial charge is 0.351 e. The first-order valence-corrected chi connectivity index (χ1v) is 8.33. The molecule has 0 fully saturated rings. The Balaban J connectivity index is 1.88. The molecule has 4 rings (SSSR count).